The summed E-state index contributed by atoms with van der Waals surface area (Å²) in [6.07, 6.45) is 7.22. The lowest BCUT2D eigenvalue weighted by molar-refractivity contribution is 0.590. The van der Waals surface area contributed by atoms with Gasteiger partial charge >= 0.3 is 0 Å². The molecule has 3 rings (SSSR count). The summed E-state index contributed by atoms with van der Waals surface area (Å²) in [5.74, 6) is 0.318. The molecule has 0 unspecified atom stereocenters. The second-order valence-electron chi connectivity index (χ2n) is 6.24. The van der Waals surface area contributed by atoms with Crippen LogP contribution in [0.25, 0.3) is 0 Å². The fourth-order valence-corrected chi connectivity index (χ4v) is 3.08. The van der Waals surface area contributed by atoms with Crippen LogP contribution in [0.5, 0.6) is 0 Å². The summed E-state index contributed by atoms with van der Waals surface area (Å²) >= 11 is 0. The molecule has 0 amide bonds. The van der Waals surface area contributed by atoms with E-state index in [0.717, 1.165) is 12.8 Å². The molecule has 1 aliphatic carbocycles. The van der Waals surface area contributed by atoms with Gasteiger partial charge in [0.15, 0.2) is 0 Å². The summed E-state index contributed by atoms with van der Waals surface area (Å²) in [6.45, 7) is 1.77. The molecule has 1 saturated carbocycles. The van der Waals surface area contributed by atoms with Crippen molar-refractivity contribution in [2.45, 2.75) is 51.5 Å². The molecule has 1 aromatic carbocycles. The first-order valence-electron chi connectivity index (χ1n) is 8.45. The SMILES string of the molecule is Cc1nc(Nc2c(F)cccc2F)cc(NC2CCCCCC2)n1. The van der Waals surface area contributed by atoms with E-state index in [1.165, 1.54) is 43.9 Å². The van der Waals surface area contributed by atoms with E-state index in [9.17, 15) is 8.78 Å². The summed E-state index contributed by atoms with van der Waals surface area (Å²) in [5, 5.41) is 6.17. The quantitative estimate of drug-likeness (QED) is 0.779. The number of anilines is 3. The van der Waals surface area contributed by atoms with Gasteiger partial charge in [0.05, 0.1) is 0 Å². The molecule has 0 spiro atoms. The van der Waals surface area contributed by atoms with E-state index in [2.05, 4.69) is 20.6 Å². The fourth-order valence-electron chi connectivity index (χ4n) is 3.08. The van der Waals surface area contributed by atoms with Gasteiger partial charge in [0.2, 0.25) is 0 Å². The van der Waals surface area contributed by atoms with Gasteiger partial charge in [-0.15, -0.1) is 0 Å². The monoisotopic (exact) mass is 332 g/mol. The van der Waals surface area contributed by atoms with Crippen LogP contribution < -0.4 is 10.6 Å². The van der Waals surface area contributed by atoms with Crippen molar-refractivity contribution in [3.63, 3.8) is 0 Å². The van der Waals surface area contributed by atoms with Gasteiger partial charge in [-0.2, -0.15) is 0 Å². The minimum atomic E-state index is -0.649. The third kappa shape index (κ3) is 4.19. The highest BCUT2D eigenvalue weighted by Gasteiger charge is 2.14. The smallest absolute Gasteiger partial charge is 0.149 e. The van der Waals surface area contributed by atoms with Crippen molar-refractivity contribution in [1.82, 2.24) is 9.97 Å². The second kappa shape index (κ2) is 7.55. The molecule has 1 aromatic heterocycles. The first kappa shape index (κ1) is 16.6. The second-order valence-corrected chi connectivity index (χ2v) is 6.24. The Morgan fingerprint density at radius 3 is 2.25 bits per heavy atom. The highest BCUT2D eigenvalue weighted by molar-refractivity contribution is 5.60. The lowest BCUT2D eigenvalue weighted by Crippen LogP contribution is -2.19. The van der Waals surface area contributed by atoms with E-state index < -0.39 is 11.6 Å². The van der Waals surface area contributed by atoms with Crippen molar-refractivity contribution in [2.75, 3.05) is 10.6 Å². The minimum absolute atomic E-state index is 0.198. The molecule has 4 nitrogen and oxygen atoms in total. The Balaban J connectivity index is 1.78. The molecular formula is C18H22F2N4. The predicted molar refractivity (Wildman–Crippen MR) is 91.5 cm³/mol. The van der Waals surface area contributed by atoms with Gasteiger partial charge in [0, 0.05) is 12.1 Å². The third-order valence-electron chi connectivity index (χ3n) is 4.26. The molecule has 1 fully saturated rings. The van der Waals surface area contributed by atoms with Crippen LogP contribution >= 0.6 is 0 Å². The highest BCUT2D eigenvalue weighted by Crippen LogP contribution is 2.25. The van der Waals surface area contributed by atoms with Gasteiger partial charge in [0.25, 0.3) is 0 Å². The number of aryl methyl sites for hydroxylation is 1. The summed E-state index contributed by atoms with van der Waals surface area (Å²) in [5.41, 5.74) is -0.198. The van der Waals surface area contributed by atoms with Crippen LogP contribution in [0.1, 0.15) is 44.3 Å². The zero-order valence-corrected chi connectivity index (χ0v) is 13.8. The molecule has 0 saturated heterocycles. The minimum Gasteiger partial charge on any atom is -0.367 e. The zero-order valence-electron chi connectivity index (χ0n) is 13.8. The van der Waals surface area contributed by atoms with E-state index in [0.29, 0.717) is 23.5 Å². The van der Waals surface area contributed by atoms with Gasteiger partial charge in [0.1, 0.15) is 34.8 Å². The number of aromatic nitrogens is 2. The van der Waals surface area contributed by atoms with Crippen molar-refractivity contribution >= 4 is 17.3 Å². The van der Waals surface area contributed by atoms with Crippen LogP contribution in [0.15, 0.2) is 24.3 Å². The Labute approximate surface area is 140 Å². The number of halogens is 2. The summed E-state index contributed by atoms with van der Waals surface area (Å²) in [6, 6.07) is 5.85. The number of hydrogen-bond acceptors (Lipinski definition) is 4. The first-order valence-corrected chi connectivity index (χ1v) is 8.45. The topological polar surface area (TPSA) is 49.8 Å². The predicted octanol–water partition coefficient (Wildman–Crippen LogP) is 4.94. The maximum Gasteiger partial charge on any atom is 0.149 e. The summed E-state index contributed by atoms with van der Waals surface area (Å²) < 4.78 is 27.6. The number of rotatable bonds is 4. The maximum atomic E-state index is 13.8. The third-order valence-corrected chi connectivity index (χ3v) is 4.26. The lowest BCUT2D eigenvalue weighted by Gasteiger charge is -2.18. The van der Waals surface area contributed by atoms with Crippen molar-refractivity contribution in [3.05, 3.63) is 41.7 Å². The molecular weight excluding hydrogens is 310 g/mol. The van der Waals surface area contributed by atoms with Gasteiger partial charge in [-0.3, -0.25) is 0 Å². The van der Waals surface area contributed by atoms with Gasteiger partial charge in [-0.1, -0.05) is 31.7 Å². The van der Waals surface area contributed by atoms with Gasteiger partial charge < -0.3 is 10.6 Å². The van der Waals surface area contributed by atoms with E-state index in [4.69, 9.17) is 0 Å². The standard InChI is InChI=1S/C18H22F2N4/c1-12-21-16(23-13-7-4-2-3-5-8-13)11-17(22-12)24-18-14(19)9-6-10-15(18)20/h6,9-11,13H,2-5,7-8H2,1H3,(H2,21,22,23,24). The van der Waals surface area contributed by atoms with Crippen LogP contribution in [0.2, 0.25) is 0 Å². The Hall–Kier alpha value is -2.24. The largest absolute Gasteiger partial charge is 0.367 e. The fraction of sp³-hybridized carbons (Fsp3) is 0.444. The van der Waals surface area contributed by atoms with Gasteiger partial charge in [-0.05, 0) is 31.9 Å². The first-order chi connectivity index (χ1) is 11.6. The molecule has 0 radical (unpaired) electrons. The lowest BCUT2D eigenvalue weighted by atomic mass is 10.1. The zero-order chi connectivity index (χ0) is 16.9. The normalized spacial score (nSPS) is 15.8. The molecule has 0 atom stereocenters. The average molecular weight is 332 g/mol. The average Bonchev–Trinajstić information content (AvgIpc) is 2.79. The number of hydrogen-bond donors (Lipinski definition) is 2. The highest BCUT2D eigenvalue weighted by atomic mass is 19.1. The number of nitrogens with one attached hydrogen (secondary N) is 2. The Morgan fingerprint density at radius 1 is 0.958 bits per heavy atom. The van der Waals surface area contributed by atoms with Crippen molar-refractivity contribution in [2.24, 2.45) is 0 Å². The number of nitrogens with zero attached hydrogens (tertiary/aromatic N) is 2. The van der Waals surface area contributed by atoms with Crippen molar-refractivity contribution in [3.8, 4) is 0 Å². The van der Waals surface area contributed by atoms with Crippen LogP contribution in [0, 0.1) is 18.6 Å². The summed E-state index contributed by atoms with van der Waals surface area (Å²) in [4.78, 5) is 8.62. The Morgan fingerprint density at radius 2 is 1.58 bits per heavy atom. The van der Waals surface area contributed by atoms with E-state index in [-0.39, 0.29) is 5.69 Å². The summed E-state index contributed by atoms with van der Waals surface area (Å²) in [7, 11) is 0. The number of benzene rings is 1. The Bertz CT molecular complexity index is 677. The molecule has 2 N–H and O–H groups in total. The van der Waals surface area contributed by atoms with Crippen molar-refractivity contribution < 1.29 is 8.78 Å². The van der Waals surface area contributed by atoms with E-state index in [1.807, 2.05) is 0 Å². The Kier molecular flexibility index (Phi) is 5.23. The van der Waals surface area contributed by atoms with Crippen LogP contribution in [0.3, 0.4) is 0 Å². The van der Waals surface area contributed by atoms with E-state index >= 15 is 0 Å². The van der Waals surface area contributed by atoms with Gasteiger partial charge in [-0.25, -0.2) is 18.7 Å². The van der Waals surface area contributed by atoms with Crippen LogP contribution in [-0.4, -0.2) is 16.0 Å². The molecule has 2 aromatic rings. The van der Waals surface area contributed by atoms with E-state index in [1.54, 1.807) is 13.0 Å². The van der Waals surface area contributed by atoms with Crippen molar-refractivity contribution in [1.29, 1.82) is 0 Å². The molecule has 24 heavy (non-hydrogen) atoms. The molecule has 128 valence electrons. The van der Waals surface area contributed by atoms with Crippen LogP contribution in [-0.2, 0) is 0 Å². The molecule has 1 aliphatic rings. The molecule has 1 heterocycles. The molecule has 0 bridgehead atoms. The maximum absolute atomic E-state index is 13.8. The molecule has 6 heteroatoms. The van der Waals surface area contributed by atoms with Crippen LogP contribution in [0.4, 0.5) is 26.1 Å². The number of para-hydroxylation sites is 1. The molecule has 0 aliphatic heterocycles.